The normalized spacial score (nSPS) is 12.5. The quantitative estimate of drug-likeness (QED) is 0.770. The molecule has 0 spiro atoms. The Bertz CT molecular complexity index is 305. The lowest BCUT2D eigenvalue weighted by molar-refractivity contribution is -0.141. The van der Waals surface area contributed by atoms with E-state index in [4.69, 9.17) is 5.11 Å². The maximum atomic E-state index is 10.6. The van der Waals surface area contributed by atoms with Gasteiger partial charge in [-0.1, -0.05) is 31.2 Å². The first-order valence-electron chi connectivity index (χ1n) is 4.38. The molecule has 1 aromatic rings. The Morgan fingerprint density at radius 2 is 2.08 bits per heavy atom. The van der Waals surface area contributed by atoms with Gasteiger partial charge in [-0.3, -0.25) is 4.79 Å². The Kier molecular flexibility index (Phi) is 3.07. The topological polar surface area (TPSA) is 37.3 Å². The van der Waals surface area contributed by atoms with Crippen molar-refractivity contribution in [2.75, 3.05) is 0 Å². The highest BCUT2D eigenvalue weighted by Crippen LogP contribution is 2.12. The van der Waals surface area contributed by atoms with Gasteiger partial charge < -0.3 is 5.11 Å². The fourth-order valence-corrected chi connectivity index (χ4v) is 1.26. The molecule has 0 aliphatic carbocycles. The van der Waals surface area contributed by atoms with Crippen molar-refractivity contribution in [2.45, 2.75) is 20.3 Å². The number of carbonyl (C=O) groups is 1. The van der Waals surface area contributed by atoms with Crippen molar-refractivity contribution >= 4 is 5.97 Å². The summed E-state index contributed by atoms with van der Waals surface area (Å²) in [6, 6.07) is 7.89. The van der Waals surface area contributed by atoms with E-state index in [2.05, 4.69) is 0 Å². The number of hydrogen-bond donors (Lipinski definition) is 1. The molecule has 0 fully saturated rings. The van der Waals surface area contributed by atoms with Crippen LogP contribution in [-0.2, 0) is 11.2 Å². The molecule has 13 heavy (non-hydrogen) atoms. The van der Waals surface area contributed by atoms with E-state index in [9.17, 15) is 4.79 Å². The summed E-state index contributed by atoms with van der Waals surface area (Å²) in [5.74, 6) is -1.04. The van der Waals surface area contributed by atoms with Gasteiger partial charge in [0, 0.05) is 0 Å². The van der Waals surface area contributed by atoms with Crippen molar-refractivity contribution in [3.05, 3.63) is 35.4 Å². The standard InChI is InChI=1S/C11H14O2/c1-8-5-3-4-6-10(8)7-9(2)11(12)13/h3-6,9H,7H2,1-2H3,(H,12,13)/t9-/m1/s1. The Morgan fingerprint density at radius 3 is 2.62 bits per heavy atom. The number of benzene rings is 1. The molecule has 0 aliphatic heterocycles. The van der Waals surface area contributed by atoms with E-state index in [1.54, 1.807) is 6.92 Å². The Balaban J connectivity index is 2.74. The van der Waals surface area contributed by atoms with E-state index in [1.807, 2.05) is 31.2 Å². The maximum absolute atomic E-state index is 10.6. The van der Waals surface area contributed by atoms with Crippen LogP contribution in [0, 0.1) is 12.8 Å². The van der Waals surface area contributed by atoms with Gasteiger partial charge in [-0.25, -0.2) is 0 Å². The smallest absolute Gasteiger partial charge is 0.306 e. The third-order valence-corrected chi connectivity index (χ3v) is 2.21. The molecule has 70 valence electrons. The predicted molar refractivity (Wildman–Crippen MR) is 51.7 cm³/mol. The Hall–Kier alpha value is -1.31. The molecule has 0 saturated heterocycles. The van der Waals surface area contributed by atoms with E-state index < -0.39 is 5.97 Å². The first-order chi connectivity index (χ1) is 6.11. The molecular weight excluding hydrogens is 164 g/mol. The SMILES string of the molecule is Cc1ccccc1C[C@@H](C)C(=O)O. The van der Waals surface area contributed by atoms with Gasteiger partial charge in [-0.05, 0) is 24.5 Å². The minimum atomic E-state index is -0.733. The van der Waals surface area contributed by atoms with Crippen LogP contribution in [0.5, 0.6) is 0 Å². The van der Waals surface area contributed by atoms with Crippen LogP contribution in [0.25, 0.3) is 0 Å². The van der Waals surface area contributed by atoms with Crippen LogP contribution in [0.2, 0.25) is 0 Å². The molecule has 0 radical (unpaired) electrons. The first kappa shape index (κ1) is 9.78. The molecular formula is C11H14O2. The highest BCUT2D eigenvalue weighted by Gasteiger charge is 2.11. The third-order valence-electron chi connectivity index (χ3n) is 2.21. The molecule has 1 atom stereocenters. The molecule has 1 rings (SSSR count). The van der Waals surface area contributed by atoms with Gasteiger partial charge in [0.05, 0.1) is 5.92 Å². The summed E-state index contributed by atoms with van der Waals surface area (Å²) in [5, 5.41) is 8.73. The molecule has 0 unspecified atom stereocenters. The van der Waals surface area contributed by atoms with E-state index in [-0.39, 0.29) is 5.92 Å². The molecule has 0 saturated carbocycles. The van der Waals surface area contributed by atoms with E-state index >= 15 is 0 Å². The lowest BCUT2D eigenvalue weighted by atomic mass is 9.98. The van der Waals surface area contributed by atoms with Crippen LogP contribution in [0.15, 0.2) is 24.3 Å². The van der Waals surface area contributed by atoms with Gasteiger partial charge in [0.1, 0.15) is 0 Å². The number of aryl methyl sites for hydroxylation is 1. The lowest BCUT2D eigenvalue weighted by Crippen LogP contribution is -2.12. The van der Waals surface area contributed by atoms with Gasteiger partial charge in [-0.15, -0.1) is 0 Å². The summed E-state index contributed by atoms with van der Waals surface area (Å²) >= 11 is 0. The predicted octanol–water partition coefficient (Wildman–Crippen LogP) is 2.26. The largest absolute Gasteiger partial charge is 0.481 e. The maximum Gasteiger partial charge on any atom is 0.306 e. The number of carboxylic acids is 1. The molecule has 1 aromatic carbocycles. The van der Waals surface area contributed by atoms with Crippen molar-refractivity contribution in [3.8, 4) is 0 Å². The summed E-state index contributed by atoms with van der Waals surface area (Å²) in [5.41, 5.74) is 2.29. The summed E-state index contributed by atoms with van der Waals surface area (Å²) in [7, 11) is 0. The highest BCUT2D eigenvalue weighted by molar-refractivity contribution is 5.69. The first-order valence-corrected chi connectivity index (χ1v) is 4.38. The number of aliphatic carboxylic acids is 1. The van der Waals surface area contributed by atoms with Crippen LogP contribution in [0.4, 0.5) is 0 Å². The second-order valence-electron chi connectivity index (χ2n) is 3.37. The summed E-state index contributed by atoms with van der Waals surface area (Å²) < 4.78 is 0. The zero-order chi connectivity index (χ0) is 9.84. The van der Waals surface area contributed by atoms with Crippen LogP contribution < -0.4 is 0 Å². The van der Waals surface area contributed by atoms with Gasteiger partial charge in [0.2, 0.25) is 0 Å². The van der Waals surface area contributed by atoms with E-state index in [0.717, 1.165) is 11.1 Å². The average Bonchev–Trinajstić information content (AvgIpc) is 2.08. The van der Waals surface area contributed by atoms with Crippen molar-refractivity contribution in [3.63, 3.8) is 0 Å². The van der Waals surface area contributed by atoms with Crippen LogP contribution in [0.3, 0.4) is 0 Å². The monoisotopic (exact) mass is 178 g/mol. The summed E-state index contributed by atoms with van der Waals surface area (Å²) in [4.78, 5) is 10.6. The molecule has 0 amide bonds. The number of hydrogen-bond acceptors (Lipinski definition) is 1. The average molecular weight is 178 g/mol. The fraction of sp³-hybridized carbons (Fsp3) is 0.364. The Labute approximate surface area is 78.2 Å². The van der Waals surface area contributed by atoms with E-state index in [1.165, 1.54) is 0 Å². The molecule has 1 N–H and O–H groups in total. The van der Waals surface area contributed by atoms with Gasteiger partial charge in [0.25, 0.3) is 0 Å². The van der Waals surface area contributed by atoms with Crippen molar-refractivity contribution in [2.24, 2.45) is 5.92 Å². The zero-order valence-electron chi connectivity index (χ0n) is 7.95. The molecule has 2 heteroatoms. The summed E-state index contributed by atoms with van der Waals surface area (Å²) in [6.45, 7) is 3.73. The molecule has 0 heterocycles. The van der Waals surface area contributed by atoms with Gasteiger partial charge >= 0.3 is 5.97 Å². The number of rotatable bonds is 3. The molecule has 2 nitrogen and oxygen atoms in total. The van der Waals surface area contributed by atoms with Gasteiger partial charge in [-0.2, -0.15) is 0 Å². The minimum absolute atomic E-state index is 0.305. The van der Waals surface area contributed by atoms with Crippen molar-refractivity contribution in [1.82, 2.24) is 0 Å². The zero-order valence-corrected chi connectivity index (χ0v) is 7.95. The lowest BCUT2D eigenvalue weighted by Gasteiger charge is -2.08. The second kappa shape index (κ2) is 4.08. The number of carboxylic acid groups (broad SMARTS) is 1. The second-order valence-corrected chi connectivity index (χ2v) is 3.37. The van der Waals surface area contributed by atoms with E-state index in [0.29, 0.717) is 6.42 Å². The summed E-state index contributed by atoms with van der Waals surface area (Å²) in [6.07, 6.45) is 0.613. The molecule has 0 aromatic heterocycles. The van der Waals surface area contributed by atoms with Crippen LogP contribution in [0.1, 0.15) is 18.1 Å². The third kappa shape index (κ3) is 2.58. The minimum Gasteiger partial charge on any atom is -0.481 e. The fourth-order valence-electron chi connectivity index (χ4n) is 1.26. The highest BCUT2D eigenvalue weighted by atomic mass is 16.4. The van der Waals surface area contributed by atoms with Crippen LogP contribution >= 0.6 is 0 Å². The van der Waals surface area contributed by atoms with Gasteiger partial charge in [0.15, 0.2) is 0 Å². The van der Waals surface area contributed by atoms with Crippen molar-refractivity contribution in [1.29, 1.82) is 0 Å². The Morgan fingerprint density at radius 1 is 1.46 bits per heavy atom. The van der Waals surface area contributed by atoms with Crippen molar-refractivity contribution < 1.29 is 9.90 Å². The molecule has 0 aliphatic rings. The molecule has 0 bridgehead atoms. The van der Waals surface area contributed by atoms with Crippen LogP contribution in [-0.4, -0.2) is 11.1 Å².